The van der Waals surface area contributed by atoms with Gasteiger partial charge in [-0.25, -0.2) is 4.79 Å². The summed E-state index contributed by atoms with van der Waals surface area (Å²) >= 11 is 1.13. The Morgan fingerprint density at radius 1 is 1.21 bits per heavy atom. The van der Waals surface area contributed by atoms with E-state index in [2.05, 4.69) is 9.97 Å². The molecule has 24 heavy (non-hydrogen) atoms. The SMILES string of the molecule is CC(C)O[C@@H]1[C@H](OC(C)C)[C@@H](CO)O[C@H]1Sc1c[nH]c(=O)[nH]c1=O. The molecule has 9 heteroatoms. The highest BCUT2D eigenvalue weighted by Crippen LogP contribution is 2.36. The maximum Gasteiger partial charge on any atom is 0.325 e. The van der Waals surface area contributed by atoms with Crippen molar-refractivity contribution in [1.29, 1.82) is 0 Å². The second kappa shape index (κ2) is 8.30. The molecule has 3 N–H and O–H groups in total. The number of aliphatic hydroxyl groups is 1. The predicted molar refractivity (Wildman–Crippen MR) is 89.3 cm³/mol. The van der Waals surface area contributed by atoms with Gasteiger partial charge in [-0.3, -0.25) is 9.78 Å². The summed E-state index contributed by atoms with van der Waals surface area (Å²) in [6.07, 6.45) is -0.253. The molecule has 8 nitrogen and oxygen atoms in total. The third-order valence-corrected chi connectivity index (χ3v) is 4.50. The Hall–Kier alpha value is -1.13. The van der Waals surface area contributed by atoms with E-state index in [0.717, 1.165) is 11.8 Å². The zero-order valence-electron chi connectivity index (χ0n) is 14.1. The van der Waals surface area contributed by atoms with E-state index >= 15 is 0 Å². The summed E-state index contributed by atoms with van der Waals surface area (Å²) in [5.74, 6) is 0. The summed E-state index contributed by atoms with van der Waals surface area (Å²) in [6, 6.07) is 0. The van der Waals surface area contributed by atoms with Crippen molar-refractivity contribution in [3.63, 3.8) is 0 Å². The van der Waals surface area contributed by atoms with Crippen molar-refractivity contribution in [3.8, 4) is 0 Å². The molecule has 1 aliphatic heterocycles. The molecule has 1 aromatic rings. The molecule has 0 radical (unpaired) electrons. The van der Waals surface area contributed by atoms with E-state index in [1.165, 1.54) is 6.20 Å². The second-order valence-corrected chi connectivity index (χ2v) is 7.22. The molecule has 2 rings (SSSR count). The molecule has 0 unspecified atom stereocenters. The minimum absolute atomic E-state index is 0.0638. The molecule has 0 aliphatic carbocycles. The largest absolute Gasteiger partial charge is 0.394 e. The van der Waals surface area contributed by atoms with Crippen LogP contribution in [0.3, 0.4) is 0 Å². The number of nitrogens with one attached hydrogen (secondary N) is 2. The maximum atomic E-state index is 11.9. The van der Waals surface area contributed by atoms with Gasteiger partial charge in [0, 0.05) is 6.20 Å². The molecular weight excluding hydrogens is 336 g/mol. The highest BCUT2D eigenvalue weighted by Gasteiger charge is 2.47. The number of hydrogen-bond acceptors (Lipinski definition) is 7. The van der Waals surface area contributed by atoms with Gasteiger partial charge in [-0.2, -0.15) is 0 Å². The number of ether oxygens (including phenoxy) is 3. The first-order chi connectivity index (χ1) is 11.3. The van der Waals surface area contributed by atoms with Crippen LogP contribution in [0.1, 0.15) is 27.7 Å². The van der Waals surface area contributed by atoms with E-state index in [4.69, 9.17) is 14.2 Å². The Labute approximate surface area is 143 Å². The van der Waals surface area contributed by atoms with Gasteiger partial charge in [-0.1, -0.05) is 11.8 Å². The lowest BCUT2D eigenvalue weighted by Gasteiger charge is -2.27. The van der Waals surface area contributed by atoms with Crippen LogP contribution in [0, 0.1) is 0 Å². The molecule has 1 fully saturated rings. The standard InChI is InChI=1S/C15H24N2O6S/c1-7(2)21-11-9(6-18)23-14(12(11)22-8(3)4)24-10-5-16-15(20)17-13(10)19/h5,7-9,11-12,14,18H,6H2,1-4H3,(H2,16,17,19,20)/t9-,11-,12-,14+/m1/s1. The van der Waals surface area contributed by atoms with Crippen LogP contribution in [-0.2, 0) is 14.2 Å². The van der Waals surface area contributed by atoms with Crippen LogP contribution in [0.25, 0.3) is 0 Å². The third kappa shape index (κ3) is 4.70. The molecule has 1 saturated heterocycles. The smallest absolute Gasteiger partial charge is 0.325 e. The summed E-state index contributed by atoms with van der Waals surface area (Å²) in [6.45, 7) is 7.37. The summed E-state index contributed by atoms with van der Waals surface area (Å²) in [5.41, 5.74) is -1.61. The minimum atomic E-state index is -0.569. The van der Waals surface area contributed by atoms with Crippen LogP contribution in [0.2, 0.25) is 0 Å². The van der Waals surface area contributed by atoms with Crippen LogP contribution in [0.5, 0.6) is 0 Å². The topological polar surface area (TPSA) is 114 Å². The van der Waals surface area contributed by atoms with Crippen molar-refractivity contribution in [2.75, 3.05) is 6.61 Å². The molecule has 4 atom stereocenters. The lowest BCUT2D eigenvalue weighted by molar-refractivity contribution is -0.104. The lowest BCUT2D eigenvalue weighted by Crippen LogP contribution is -2.41. The van der Waals surface area contributed by atoms with E-state index in [0.29, 0.717) is 4.90 Å². The van der Waals surface area contributed by atoms with Gasteiger partial charge in [0.25, 0.3) is 5.56 Å². The Kier molecular flexibility index (Phi) is 6.64. The number of hydrogen-bond donors (Lipinski definition) is 3. The summed E-state index contributed by atoms with van der Waals surface area (Å²) in [4.78, 5) is 27.9. The minimum Gasteiger partial charge on any atom is -0.394 e. The number of aromatic nitrogens is 2. The van der Waals surface area contributed by atoms with Crippen molar-refractivity contribution < 1.29 is 19.3 Å². The molecule has 0 aromatic carbocycles. The number of H-pyrrole nitrogens is 2. The van der Waals surface area contributed by atoms with Crippen LogP contribution in [0.4, 0.5) is 0 Å². The van der Waals surface area contributed by atoms with Crippen LogP contribution < -0.4 is 11.2 Å². The molecule has 0 saturated carbocycles. The third-order valence-electron chi connectivity index (χ3n) is 3.33. The Balaban J connectivity index is 2.25. The van der Waals surface area contributed by atoms with E-state index < -0.39 is 35.0 Å². The lowest BCUT2D eigenvalue weighted by atomic mass is 10.1. The fourth-order valence-electron chi connectivity index (χ4n) is 2.48. The quantitative estimate of drug-likeness (QED) is 0.647. The van der Waals surface area contributed by atoms with Crippen LogP contribution >= 0.6 is 11.8 Å². The molecule has 1 aliphatic rings. The van der Waals surface area contributed by atoms with Gasteiger partial charge >= 0.3 is 5.69 Å². The first-order valence-electron chi connectivity index (χ1n) is 7.87. The zero-order valence-corrected chi connectivity index (χ0v) is 15.0. The predicted octanol–water partition coefficient (Wildman–Crippen LogP) is 0.460. The average Bonchev–Trinajstić information content (AvgIpc) is 2.78. The number of aliphatic hydroxyl groups excluding tert-OH is 1. The van der Waals surface area contributed by atoms with Gasteiger partial charge in [0.05, 0.1) is 23.7 Å². The van der Waals surface area contributed by atoms with E-state index in [9.17, 15) is 14.7 Å². The Bertz CT molecular complexity index is 643. The molecule has 0 spiro atoms. The Morgan fingerprint density at radius 2 is 1.83 bits per heavy atom. The monoisotopic (exact) mass is 360 g/mol. The van der Waals surface area contributed by atoms with E-state index in [-0.39, 0.29) is 18.8 Å². The highest BCUT2D eigenvalue weighted by molar-refractivity contribution is 7.99. The van der Waals surface area contributed by atoms with Gasteiger partial charge in [-0.05, 0) is 27.7 Å². The van der Waals surface area contributed by atoms with Gasteiger partial charge in [-0.15, -0.1) is 0 Å². The first-order valence-corrected chi connectivity index (χ1v) is 8.75. The normalized spacial score (nSPS) is 27.3. The van der Waals surface area contributed by atoms with Gasteiger partial charge in [0.1, 0.15) is 23.7 Å². The first kappa shape index (κ1) is 19.2. The van der Waals surface area contributed by atoms with Crippen molar-refractivity contribution in [2.45, 2.75) is 68.5 Å². The van der Waals surface area contributed by atoms with Gasteiger partial charge < -0.3 is 24.3 Å². The maximum absolute atomic E-state index is 11.9. The fourth-order valence-corrected chi connectivity index (χ4v) is 3.57. The Morgan fingerprint density at radius 3 is 2.38 bits per heavy atom. The molecule has 0 amide bonds. The number of thioether (sulfide) groups is 1. The van der Waals surface area contributed by atoms with E-state index in [1.54, 1.807) is 0 Å². The zero-order chi connectivity index (χ0) is 17.9. The van der Waals surface area contributed by atoms with Crippen LogP contribution in [-0.4, -0.2) is 57.6 Å². The summed E-state index contributed by atoms with van der Waals surface area (Å²) < 4.78 is 17.7. The average molecular weight is 360 g/mol. The molecule has 1 aromatic heterocycles. The van der Waals surface area contributed by atoms with Gasteiger partial charge in [0.15, 0.2) is 0 Å². The van der Waals surface area contributed by atoms with Crippen molar-refractivity contribution >= 4 is 11.8 Å². The number of rotatable bonds is 7. The van der Waals surface area contributed by atoms with Crippen LogP contribution in [0.15, 0.2) is 20.7 Å². The molecule has 136 valence electrons. The fraction of sp³-hybridized carbons (Fsp3) is 0.733. The molecule has 2 heterocycles. The summed E-state index contributed by atoms with van der Waals surface area (Å²) in [7, 11) is 0. The van der Waals surface area contributed by atoms with E-state index in [1.807, 2.05) is 27.7 Å². The van der Waals surface area contributed by atoms with Gasteiger partial charge in [0.2, 0.25) is 0 Å². The second-order valence-electron chi connectivity index (χ2n) is 6.08. The van der Waals surface area contributed by atoms with Crippen molar-refractivity contribution in [2.24, 2.45) is 0 Å². The summed E-state index contributed by atoms with van der Waals surface area (Å²) in [5, 5.41) is 9.59. The number of aromatic amines is 2. The molecular formula is C15H24N2O6S. The van der Waals surface area contributed by atoms with Crippen molar-refractivity contribution in [1.82, 2.24) is 9.97 Å². The van der Waals surface area contributed by atoms with Crippen molar-refractivity contribution in [3.05, 3.63) is 27.0 Å². The molecule has 0 bridgehead atoms. The highest BCUT2D eigenvalue weighted by atomic mass is 32.2.